The lowest BCUT2D eigenvalue weighted by molar-refractivity contribution is -0.129. The maximum Gasteiger partial charge on any atom is 0.272 e. The molecule has 238 valence electrons. The normalized spacial score (nSPS) is 12.4. The molecular formula is C35H31N5O5S2. The van der Waals surface area contributed by atoms with Crippen molar-refractivity contribution in [2.24, 2.45) is 0 Å². The number of ether oxygens (including phenoxy) is 1. The predicted octanol–water partition coefficient (Wildman–Crippen LogP) is 5.67. The van der Waals surface area contributed by atoms with Gasteiger partial charge in [0.1, 0.15) is 22.5 Å². The van der Waals surface area contributed by atoms with Crippen molar-refractivity contribution in [1.82, 2.24) is 10.2 Å². The standard InChI is InChI=1S/C35H31N5O5S2/c1-22(41)40-15-14-28-29(19-36)35(47-31(28)20-40)39-32(42)21-46-27-13-7-11-25(18-27)37-34(44)30(17-23-8-6-12-26(16-23)45-2)38-33(43)24-9-4-3-5-10-24/h3-13,16-18H,14-15,20-21H2,1-2H3,(H,37,44)(H,38,43)(H,39,42)/b30-17-. The van der Waals surface area contributed by atoms with E-state index in [-0.39, 0.29) is 23.3 Å². The number of fused-ring (bicyclic) bond motifs is 1. The van der Waals surface area contributed by atoms with Crippen LogP contribution in [0, 0.1) is 11.3 Å². The molecule has 3 aromatic carbocycles. The summed E-state index contributed by atoms with van der Waals surface area (Å²) in [5.41, 5.74) is 2.90. The van der Waals surface area contributed by atoms with Crippen molar-refractivity contribution in [2.45, 2.75) is 24.8 Å². The largest absolute Gasteiger partial charge is 0.497 e. The Balaban J connectivity index is 1.26. The number of methoxy groups -OCH3 is 1. The fourth-order valence-electron chi connectivity index (χ4n) is 4.89. The van der Waals surface area contributed by atoms with E-state index in [2.05, 4.69) is 22.0 Å². The third-order valence-electron chi connectivity index (χ3n) is 7.26. The van der Waals surface area contributed by atoms with Gasteiger partial charge >= 0.3 is 0 Å². The van der Waals surface area contributed by atoms with Crippen molar-refractivity contribution in [1.29, 1.82) is 5.26 Å². The second kappa shape index (κ2) is 15.3. The van der Waals surface area contributed by atoms with Gasteiger partial charge in [-0.15, -0.1) is 23.1 Å². The molecule has 1 aromatic heterocycles. The molecule has 0 saturated carbocycles. The Bertz CT molecular complexity index is 1900. The van der Waals surface area contributed by atoms with Crippen molar-refractivity contribution in [3.05, 3.63) is 112 Å². The molecule has 0 bridgehead atoms. The van der Waals surface area contributed by atoms with Gasteiger partial charge in [0, 0.05) is 34.5 Å². The summed E-state index contributed by atoms with van der Waals surface area (Å²) in [6.07, 6.45) is 2.14. The van der Waals surface area contributed by atoms with Crippen molar-refractivity contribution in [2.75, 3.05) is 30.0 Å². The number of hydrogen-bond acceptors (Lipinski definition) is 8. The van der Waals surface area contributed by atoms with Crippen LogP contribution in [0.1, 0.15) is 38.8 Å². The molecule has 1 aliphatic rings. The van der Waals surface area contributed by atoms with Crippen LogP contribution in [0.2, 0.25) is 0 Å². The van der Waals surface area contributed by atoms with Crippen molar-refractivity contribution >= 4 is 63.5 Å². The van der Waals surface area contributed by atoms with E-state index < -0.39 is 11.8 Å². The number of carbonyl (C=O) groups is 4. The molecule has 0 unspecified atom stereocenters. The first kappa shape index (κ1) is 33.0. The Kier molecular flexibility index (Phi) is 10.7. The van der Waals surface area contributed by atoms with E-state index in [1.807, 2.05) is 6.07 Å². The molecule has 0 saturated heterocycles. The van der Waals surface area contributed by atoms with Gasteiger partial charge in [-0.3, -0.25) is 19.2 Å². The number of carbonyl (C=O) groups excluding carboxylic acids is 4. The van der Waals surface area contributed by atoms with Crippen LogP contribution in [0.25, 0.3) is 6.08 Å². The molecule has 0 radical (unpaired) electrons. The van der Waals surface area contributed by atoms with Gasteiger partial charge in [0.25, 0.3) is 11.8 Å². The van der Waals surface area contributed by atoms with Crippen molar-refractivity contribution in [3.8, 4) is 11.8 Å². The van der Waals surface area contributed by atoms with Crippen LogP contribution in [-0.2, 0) is 27.3 Å². The van der Waals surface area contributed by atoms with Gasteiger partial charge in [-0.25, -0.2) is 0 Å². The van der Waals surface area contributed by atoms with Gasteiger partial charge in [-0.2, -0.15) is 5.26 Å². The summed E-state index contributed by atoms with van der Waals surface area (Å²) >= 11 is 2.60. The summed E-state index contributed by atoms with van der Waals surface area (Å²) in [5.74, 6) is -0.611. The minimum Gasteiger partial charge on any atom is -0.497 e. The highest BCUT2D eigenvalue weighted by Gasteiger charge is 2.26. The number of thioether (sulfide) groups is 1. The van der Waals surface area contributed by atoms with Crippen LogP contribution in [0.15, 0.2) is 89.5 Å². The van der Waals surface area contributed by atoms with E-state index in [0.29, 0.717) is 52.6 Å². The lowest BCUT2D eigenvalue weighted by Crippen LogP contribution is -2.33. The number of thiophene rings is 1. The molecule has 0 fully saturated rings. The summed E-state index contributed by atoms with van der Waals surface area (Å²) in [7, 11) is 1.55. The molecule has 4 amide bonds. The number of hydrogen-bond donors (Lipinski definition) is 3. The first-order valence-electron chi connectivity index (χ1n) is 14.6. The third-order valence-corrected chi connectivity index (χ3v) is 9.39. The Labute approximate surface area is 280 Å². The number of nitrogens with one attached hydrogen (secondary N) is 3. The summed E-state index contributed by atoms with van der Waals surface area (Å²) in [5, 5.41) is 18.7. The number of anilines is 2. The molecule has 5 rings (SSSR count). The van der Waals surface area contributed by atoms with Crippen LogP contribution < -0.4 is 20.7 Å². The highest BCUT2D eigenvalue weighted by molar-refractivity contribution is 8.00. The Hall–Kier alpha value is -5.38. The Morgan fingerprint density at radius 1 is 1.02 bits per heavy atom. The topological polar surface area (TPSA) is 141 Å². The SMILES string of the molecule is COc1cccc(/C=C(\NC(=O)c2ccccc2)C(=O)Nc2cccc(SCC(=O)Nc3sc4c(c3C#N)CCN(C(C)=O)C4)c2)c1. The van der Waals surface area contributed by atoms with Gasteiger partial charge < -0.3 is 25.6 Å². The zero-order valence-electron chi connectivity index (χ0n) is 25.7. The molecular weight excluding hydrogens is 635 g/mol. The molecule has 2 heterocycles. The van der Waals surface area contributed by atoms with E-state index in [1.165, 1.54) is 30.0 Å². The molecule has 0 aliphatic carbocycles. The van der Waals surface area contributed by atoms with Crippen LogP contribution in [0.5, 0.6) is 5.75 Å². The summed E-state index contributed by atoms with van der Waals surface area (Å²) in [4.78, 5) is 54.5. The first-order chi connectivity index (χ1) is 22.7. The quantitative estimate of drug-likeness (QED) is 0.146. The predicted molar refractivity (Wildman–Crippen MR) is 183 cm³/mol. The second-order valence-corrected chi connectivity index (χ2v) is 12.6. The van der Waals surface area contributed by atoms with Crippen LogP contribution in [0.3, 0.4) is 0 Å². The lowest BCUT2D eigenvalue weighted by Gasteiger charge is -2.25. The summed E-state index contributed by atoms with van der Waals surface area (Å²) in [6, 6.07) is 24.9. The van der Waals surface area contributed by atoms with Gasteiger partial charge in [-0.05, 0) is 66.1 Å². The van der Waals surface area contributed by atoms with Gasteiger partial charge in [-0.1, -0.05) is 36.4 Å². The summed E-state index contributed by atoms with van der Waals surface area (Å²) in [6.45, 7) is 2.49. The van der Waals surface area contributed by atoms with Crippen LogP contribution in [-0.4, -0.2) is 47.9 Å². The van der Waals surface area contributed by atoms with Gasteiger partial charge in [0.15, 0.2) is 0 Å². The van der Waals surface area contributed by atoms with E-state index in [4.69, 9.17) is 4.74 Å². The van der Waals surface area contributed by atoms with Gasteiger partial charge in [0.2, 0.25) is 11.8 Å². The molecule has 47 heavy (non-hydrogen) atoms. The molecule has 4 aromatic rings. The number of nitrogens with zero attached hydrogens (tertiary/aromatic N) is 2. The van der Waals surface area contributed by atoms with E-state index >= 15 is 0 Å². The Morgan fingerprint density at radius 2 is 1.81 bits per heavy atom. The van der Waals surface area contributed by atoms with Crippen molar-refractivity contribution in [3.63, 3.8) is 0 Å². The average molecular weight is 666 g/mol. The maximum absolute atomic E-state index is 13.5. The molecule has 1 aliphatic heterocycles. The fraction of sp³-hybridized carbons (Fsp3) is 0.171. The molecule has 12 heteroatoms. The monoisotopic (exact) mass is 665 g/mol. The highest BCUT2D eigenvalue weighted by Crippen LogP contribution is 2.37. The number of rotatable bonds is 10. The number of benzene rings is 3. The van der Waals surface area contributed by atoms with E-state index in [1.54, 1.807) is 90.9 Å². The first-order valence-corrected chi connectivity index (χ1v) is 16.4. The second-order valence-electron chi connectivity index (χ2n) is 10.5. The third kappa shape index (κ3) is 8.46. The van der Waals surface area contributed by atoms with E-state index in [9.17, 15) is 24.4 Å². The van der Waals surface area contributed by atoms with Crippen LogP contribution in [0.4, 0.5) is 10.7 Å². The van der Waals surface area contributed by atoms with E-state index in [0.717, 1.165) is 15.3 Å². The summed E-state index contributed by atoms with van der Waals surface area (Å²) < 4.78 is 5.30. The zero-order chi connectivity index (χ0) is 33.3. The molecule has 0 atom stereocenters. The lowest BCUT2D eigenvalue weighted by atomic mass is 10.0. The minimum atomic E-state index is -0.536. The zero-order valence-corrected chi connectivity index (χ0v) is 27.3. The minimum absolute atomic E-state index is 0.0241. The maximum atomic E-state index is 13.5. The Morgan fingerprint density at radius 3 is 2.55 bits per heavy atom. The number of nitriles is 1. The van der Waals surface area contributed by atoms with Gasteiger partial charge in [0.05, 0.1) is 25.0 Å². The molecule has 3 N–H and O–H groups in total. The van der Waals surface area contributed by atoms with Crippen molar-refractivity contribution < 1.29 is 23.9 Å². The highest BCUT2D eigenvalue weighted by atomic mass is 32.2. The molecule has 10 nitrogen and oxygen atoms in total. The fourth-order valence-corrected chi connectivity index (χ4v) is 6.88. The van der Waals surface area contributed by atoms with Crippen LogP contribution >= 0.6 is 23.1 Å². The number of amides is 4. The molecule has 0 spiro atoms. The smallest absolute Gasteiger partial charge is 0.272 e. The average Bonchev–Trinajstić information content (AvgIpc) is 3.43.